The monoisotopic (exact) mass is 394 g/mol. The average molecular weight is 394 g/mol. The predicted octanol–water partition coefficient (Wildman–Crippen LogP) is 2.50. The summed E-state index contributed by atoms with van der Waals surface area (Å²) < 4.78 is 18.1. The standard InChI is InChI=1S/C21H22N4O4/c1-27-16-8-6-15(7-9-16)19-12-25-18(13-29-19)20(23-24-25)21(26)22-11-14-4-3-5-17(10-14)28-2/h3-10,19H,11-13H2,1-2H3,(H,22,26)/t19-/m0/s1. The van der Waals surface area contributed by atoms with Gasteiger partial charge in [0.2, 0.25) is 0 Å². The molecule has 1 aliphatic heterocycles. The molecular weight excluding hydrogens is 372 g/mol. The van der Waals surface area contributed by atoms with Crippen LogP contribution in [-0.4, -0.2) is 35.1 Å². The summed E-state index contributed by atoms with van der Waals surface area (Å²) in [5, 5.41) is 11.1. The molecule has 0 unspecified atom stereocenters. The van der Waals surface area contributed by atoms with Gasteiger partial charge in [0, 0.05) is 6.54 Å². The normalized spacial score (nSPS) is 15.4. The lowest BCUT2D eigenvalue weighted by Gasteiger charge is -2.24. The van der Waals surface area contributed by atoms with E-state index in [-0.39, 0.29) is 18.6 Å². The van der Waals surface area contributed by atoms with E-state index in [0.717, 1.165) is 22.6 Å². The Morgan fingerprint density at radius 2 is 1.97 bits per heavy atom. The van der Waals surface area contributed by atoms with Crippen LogP contribution in [0.5, 0.6) is 11.5 Å². The fourth-order valence-electron chi connectivity index (χ4n) is 3.26. The van der Waals surface area contributed by atoms with Gasteiger partial charge < -0.3 is 19.5 Å². The average Bonchev–Trinajstić information content (AvgIpc) is 3.21. The highest BCUT2D eigenvalue weighted by atomic mass is 16.5. The summed E-state index contributed by atoms with van der Waals surface area (Å²) in [5.74, 6) is 1.26. The van der Waals surface area contributed by atoms with Gasteiger partial charge in [0.05, 0.1) is 33.1 Å². The minimum Gasteiger partial charge on any atom is -0.497 e. The van der Waals surface area contributed by atoms with Crippen LogP contribution in [0.2, 0.25) is 0 Å². The molecule has 1 aliphatic rings. The van der Waals surface area contributed by atoms with E-state index < -0.39 is 0 Å². The number of hydrogen-bond donors (Lipinski definition) is 1. The number of benzene rings is 2. The van der Waals surface area contributed by atoms with Gasteiger partial charge in [0.15, 0.2) is 5.69 Å². The highest BCUT2D eigenvalue weighted by Gasteiger charge is 2.27. The Morgan fingerprint density at radius 3 is 2.72 bits per heavy atom. The summed E-state index contributed by atoms with van der Waals surface area (Å²) in [5.41, 5.74) is 2.93. The van der Waals surface area contributed by atoms with E-state index in [4.69, 9.17) is 14.2 Å². The van der Waals surface area contributed by atoms with Crippen LogP contribution < -0.4 is 14.8 Å². The molecule has 0 spiro atoms. The molecule has 1 aromatic heterocycles. The zero-order valence-electron chi connectivity index (χ0n) is 16.3. The van der Waals surface area contributed by atoms with Crippen LogP contribution in [0.1, 0.15) is 33.4 Å². The van der Waals surface area contributed by atoms with Crippen molar-refractivity contribution in [1.29, 1.82) is 0 Å². The lowest BCUT2D eigenvalue weighted by atomic mass is 10.1. The SMILES string of the molecule is COc1ccc([C@@H]2Cn3nnc(C(=O)NCc4cccc(OC)c4)c3CO2)cc1. The number of amides is 1. The maximum atomic E-state index is 12.6. The zero-order chi connectivity index (χ0) is 20.2. The minimum atomic E-state index is -0.277. The molecule has 2 aromatic carbocycles. The van der Waals surface area contributed by atoms with Gasteiger partial charge in [0.1, 0.15) is 17.6 Å². The number of nitrogens with one attached hydrogen (secondary N) is 1. The first-order chi connectivity index (χ1) is 14.2. The molecule has 0 saturated heterocycles. The van der Waals surface area contributed by atoms with Crippen molar-refractivity contribution in [2.24, 2.45) is 0 Å². The molecule has 2 heterocycles. The number of ether oxygens (including phenoxy) is 3. The first kappa shape index (κ1) is 18.9. The van der Waals surface area contributed by atoms with Crippen LogP contribution in [0.4, 0.5) is 0 Å². The van der Waals surface area contributed by atoms with E-state index in [1.54, 1.807) is 18.9 Å². The molecule has 0 aliphatic carbocycles. The number of carbonyl (C=O) groups excluding carboxylic acids is 1. The van der Waals surface area contributed by atoms with Crippen LogP contribution in [0, 0.1) is 0 Å². The Bertz CT molecular complexity index is 1000. The van der Waals surface area contributed by atoms with Crippen molar-refractivity contribution >= 4 is 5.91 Å². The molecule has 1 amide bonds. The Balaban J connectivity index is 1.42. The smallest absolute Gasteiger partial charge is 0.274 e. The van der Waals surface area contributed by atoms with Crippen LogP contribution in [0.25, 0.3) is 0 Å². The summed E-state index contributed by atoms with van der Waals surface area (Å²) in [7, 11) is 3.24. The second kappa shape index (κ2) is 8.32. The van der Waals surface area contributed by atoms with Gasteiger partial charge in [-0.2, -0.15) is 0 Å². The number of hydrogen-bond acceptors (Lipinski definition) is 6. The largest absolute Gasteiger partial charge is 0.497 e. The van der Waals surface area contributed by atoms with Crippen molar-refractivity contribution in [2.75, 3.05) is 14.2 Å². The first-order valence-electron chi connectivity index (χ1n) is 9.27. The molecule has 0 fully saturated rings. The highest BCUT2D eigenvalue weighted by molar-refractivity contribution is 5.93. The number of methoxy groups -OCH3 is 2. The van der Waals surface area contributed by atoms with Crippen LogP contribution in [-0.2, 0) is 24.4 Å². The van der Waals surface area contributed by atoms with E-state index in [0.29, 0.717) is 24.5 Å². The van der Waals surface area contributed by atoms with Crippen molar-refractivity contribution in [3.05, 3.63) is 71.0 Å². The molecule has 29 heavy (non-hydrogen) atoms. The summed E-state index contributed by atoms with van der Waals surface area (Å²) >= 11 is 0. The second-order valence-corrected chi connectivity index (χ2v) is 6.67. The Hall–Kier alpha value is -3.39. The van der Waals surface area contributed by atoms with Crippen molar-refractivity contribution < 1.29 is 19.0 Å². The molecule has 8 heteroatoms. The van der Waals surface area contributed by atoms with Gasteiger partial charge in [-0.05, 0) is 35.4 Å². The third-order valence-electron chi connectivity index (χ3n) is 4.89. The van der Waals surface area contributed by atoms with Gasteiger partial charge >= 0.3 is 0 Å². The van der Waals surface area contributed by atoms with Gasteiger partial charge in [-0.3, -0.25) is 4.79 Å². The summed E-state index contributed by atoms with van der Waals surface area (Å²) in [4.78, 5) is 12.6. The van der Waals surface area contributed by atoms with Gasteiger partial charge in [0.25, 0.3) is 5.91 Å². The topological polar surface area (TPSA) is 87.5 Å². The molecule has 1 N–H and O–H groups in total. The fourth-order valence-corrected chi connectivity index (χ4v) is 3.26. The molecule has 4 rings (SSSR count). The number of nitrogens with zero attached hydrogens (tertiary/aromatic N) is 3. The van der Waals surface area contributed by atoms with E-state index in [1.165, 1.54) is 0 Å². The zero-order valence-corrected chi connectivity index (χ0v) is 16.3. The molecule has 8 nitrogen and oxygen atoms in total. The molecule has 0 radical (unpaired) electrons. The highest BCUT2D eigenvalue weighted by Crippen LogP contribution is 2.28. The molecular formula is C21H22N4O4. The number of rotatable bonds is 6. The molecule has 3 aromatic rings. The predicted molar refractivity (Wildman–Crippen MR) is 105 cm³/mol. The molecule has 1 atom stereocenters. The van der Waals surface area contributed by atoms with Crippen LogP contribution >= 0.6 is 0 Å². The van der Waals surface area contributed by atoms with Gasteiger partial charge in [-0.1, -0.05) is 29.5 Å². The van der Waals surface area contributed by atoms with Crippen LogP contribution in [0.3, 0.4) is 0 Å². The Labute approximate surface area is 168 Å². The number of fused-ring (bicyclic) bond motifs is 1. The summed E-state index contributed by atoms with van der Waals surface area (Å²) in [6, 6.07) is 15.3. The minimum absolute atomic E-state index is 0.150. The quantitative estimate of drug-likeness (QED) is 0.691. The van der Waals surface area contributed by atoms with Gasteiger partial charge in [-0.15, -0.1) is 5.10 Å². The summed E-state index contributed by atoms with van der Waals surface area (Å²) in [6.45, 7) is 1.14. The Morgan fingerprint density at radius 1 is 1.17 bits per heavy atom. The third kappa shape index (κ3) is 4.07. The third-order valence-corrected chi connectivity index (χ3v) is 4.89. The van der Waals surface area contributed by atoms with Crippen LogP contribution in [0.15, 0.2) is 48.5 Å². The molecule has 0 saturated carbocycles. The van der Waals surface area contributed by atoms with Gasteiger partial charge in [-0.25, -0.2) is 4.68 Å². The number of carbonyl (C=O) groups is 1. The van der Waals surface area contributed by atoms with Crippen molar-refractivity contribution in [3.63, 3.8) is 0 Å². The van der Waals surface area contributed by atoms with Crippen molar-refractivity contribution in [3.8, 4) is 11.5 Å². The molecule has 150 valence electrons. The molecule has 0 bridgehead atoms. The van der Waals surface area contributed by atoms with E-state index >= 15 is 0 Å². The van der Waals surface area contributed by atoms with Crippen molar-refractivity contribution in [1.82, 2.24) is 20.3 Å². The maximum absolute atomic E-state index is 12.6. The van der Waals surface area contributed by atoms with E-state index in [9.17, 15) is 4.79 Å². The first-order valence-corrected chi connectivity index (χ1v) is 9.27. The van der Waals surface area contributed by atoms with E-state index in [1.807, 2.05) is 48.5 Å². The van der Waals surface area contributed by atoms with Crippen molar-refractivity contribution in [2.45, 2.75) is 25.8 Å². The lowest BCUT2D eigenvalue weighted by molar-refractivity contribution is -0.00179. The summed E-state index contributed by atoms with van der Waals surface area (Å²) in [6.07, 6.45) is -0.150. The van der Waals surface area contributed by atoms with E-state index in [2.05, 4.69) is 15.6 Å². The Kier molecular flexibility index (Phi) is 5.44. The second-order valence-electron chi connectivity index (χ2n) is 6.67. The lowest BCUT2D eigenvalue weighted by Crippen LogP contribution is -2.27. The maximum Gasteiger partial charge on any atom is 0.274 e. The number of aromatic nitrogens is 3. The fraction of sp³-hybridized carbons (Fsp3) is 0.286.